The molecule has 20 heavy (non-hydrogen) atoms. The lowest BCUT2D eigenvalue weighted by Gasteiger charge is -2.16. The monoisotopic (exact) mass is 275 g/mol. The Morgan fingerprint density at radius 3 is 2.60 bits per heavy atom. The van der Waals surface area contributed by atoms with Gasteiger partial charge in [0.1, 0.15) is 0 Å². The molecule has 2 unspecified atom stereocenters. The normalized spacial score (nSPS) is 27.4. The number of methoxy groups -OCH3 is 1. The van der Waals surface area contributed by atoms with Gasteiger partial charge in [-0.2, -0.15) is 0 Å². The number of benzene rings is 1. The molecule has 0 spiro atoms. The zero-order valence-electron chi connectivity index (χ0n) is 11.8. The summed E-state index contributed by atoms with van der Waals surface area (Å²) >= 11 is 0. The molecule has 0 bridgehead atoms. The van der Waals surface area contributed by atoms with Crippen molar-refractivity contribution in [3.63, 3.8) is 0 Å². The second kappa shape index (κ2) is 5.19. The van der Waals surface area contributed by atoms with Gasteiger partial charge in [0, 0.05) is 25.1 Å². The fourth-order valence-corrected chi connectivity index (χ4v) is 3.19. The van der Waals surface area contributed by atoms with E-state index in [0.717, 1.165) is 6.61 Å². The Hall–Kier alpha value is -1.39. The summed E-state index contributed by atoms with van der Waals surface area (Å²) in [5.74, 6) is -0.961. The van der Waals surface area contributed by atoms with E-state index in [9.17, 15) is 4.79 Å². The first-order valence-electron chi connectivity index (χ1n) is 7.20. The molecule has 2 aliphatic rings. The maximum absolute atomic E-state index is 11.0. The minimum absolute atomic E-state index is 0.169. The number of rotatable bonds is 5. The van der Waals surface area contributed by atoms with E-state index in [4.69, 9.17) is 9.84 Å². The first-order valence-corrected chi connectivity index (χ1v) is 7.20. The van der Waals surface area contributed by atoms with Gasteiger partial charge >= 0.3 is 5.97 Å². The molecule has 1 aromatic rings. The highest BCUT2D eigenvalue weighted by atomic mass is 16.5. The molecular weight excluding hydrogens is 254 g/mol. The minimum Gasteiger partial charge on any atom is -0.481 e. The zero-order valence-corrected chi connectivity index (χ0v) is 11.8. The average Bonchev–Trinajstić information content (AvgIpc) is 3.05. The van der Waals surface area contributed by atoms with Gasteiger partial charge in [-0.05, 0) is 30.4 Å². The van der Waals surface area contributed by atoms with Crippen LogP contribution in [0.3, 0.4) is 0 Å². The van der Waals surface area contributed by atoms with Crippen molar-refractivity contribution in [2.45, 2.75) is 30.7 Å². The summed E-state index contributed by atoms with van der Waals surface area (Å²) in [6.45, 7) is 1.35. The molecule has 0 amide bonds. The lowest BCUT2D eigenvalue weighted by atomic mass is 9.93. The second-order valence-electron chi connectivity index (χ2n) is 6.07. The summed E-state index contributed by atoms with van der Waals surface area (Å²) in [6.07, 6.45) is 3.07. The minimum atomic E-state index is -0.700. The van der Waals surface area contributed by atoms with Crippen LogP contribution in [0.1, 0.15) is 36.4 Å². The molecule has 0 radical (unpaired) electrons. The molecular formula is C16H21NO3. The maximum atomic E-state index is 11.0. The number of hydrogen-bond acceptors (Lipinski definition) is 3. The summed E-state index contributed by atoms with van der Waals surface area (Å²) in [5, 5.41) is 12.3. The highest BCUT2D eigenvalue weighted by Gasteiger charge is 2.44. The molecule has 1 saturated heterocycles. The second-order valence-corrected chi connectivity index (χ2v) is 6.07. The molecule has 1 aliphatic heterocycles. The Kier molecular flexibility index (Phi) is 3.52. The molecule has 3 rings (SSSR count). The van der Waals surface area contributed by atoms with Crippen molar-refractivity contribution in [2.24, 2.45) is 5.92 Å². The van der Waals surface area contributed by atoms with Crippen molar-refractivity contribution in [1.82, 2.24) is 5.32 Å². The van der Waals surface area contributed by atoms with Gasteiger partial charge in [-0.15, -0.1) is 0 Å². The number of aliphatic carboxylic acids is 1. The molecule has 4 heteroatoms. The number of carboxylic acids is 1. The van der Waals surface area contributed by atoms with Gasteiger partial charge in [0.15, 0.2) is 0 Å². The summed E-state index contributed by atoms with van der Waals surface area (Å²) in [4.78, 5) is 11.0. The van der Waals surface area contributed by atoms with Crippen molar-refractivity contribution in [3.05, 3.63) is 35.4 Å². The number of nitrogens with one attached hydrogen (secondary N) is 1. The largest absolute Gasteiger partial charge is 0.481 e. The summed E-state index contributed by atoms with van der Waals surface area (Å²) < 4.78 is 5.32. The van der Waals surface area contributed by atoms with E-state index in [1.165, 1.54) is 24.0 Å². The van der Waals surface area contributed by atoms with Gasteiger partial charge in [-0.1, -0.05) is 24.3 Å². The molecule has 4 nitrogen and oxygen atoms in total. The molecule has 1 saturated carbocycles. The number of carboxylic acid groups (broad SMARTS) is 1. The highest BCUT2D eigenvalue weighted by Crippen LogP contribution is 2.48. The van der Waals surface area contributed by atoms with Gasteiger partial charge in [-0.25, -0.2) is 0 Å². The Bertz CT molecular complexity index is 493. The lowest BCUT2D eigenvalue weighted by Crippen LogP contribution is -2.17. The zero-order chi connectivity index (χ0) is 14.2. The van der Waals surface area contributed by atoms with Crippen molar-refractivity contribution < 1.29 is 14.6 Å². The predicted octanol–water partition coefficient (Wildman–Crippen LogP) is 2.10. The van der Waals surface area contributed by atoms with E-state index < -0.39 is 5.97 Å². The van der Waals surface area contributed by atoms with Crippen LogP contribution >= 0.6 is 0 Å². The average molecular weight is 275 g/mol. The van der Waals surface area contributed by atoms with E-state index in [1.807, 2.05) is 0 Å². The topological polar surface area (TPSA) is 58.6 Å². The number of hydrogen-bond donors (Lipinski definition) is 2. The molecule has 108 valence electrons. The molecule has 0 aromatic heterocycles. The Balaban J connectivity index is 1.70. The van der Waals surface area contributed by atoms with E-state index in [0.29, 0.717) is 13.0 Å². The SMILES string of the molecule is COCC1(c2ccc(C3CC(C(=O)O)CN3)cc2)CC1. The van der Waals surface area contributed by atoms with Crippen LogP contribution < -0.4 is 5.32 Å². The van der Waals surface area contributed by atoms with Crippen LogP contribution in [0.4, 0.5) is 0 Å². The molecule has 1 heterocycles. The third-order valence-corrected chi connectivity index (χ3v) is 4.68. The summed E-state index contributed by atoms with van der Waals surface area (Å²) in [7, 11) is 1.75. The molecule has 2 N–H and O–H groups in total. The lowest BCUT2D eigenvalue weighted by molar-refractivity contribution is -0.141. The molecule has 1 aliphatic carbocycles. The number of carbonyl (C=O) groups is 1. The van der Waals surface area contributed by atoms with E-state index in [-0.39, 0.29) is 17.4 Å². The third-order valence-electron chi connectivity index (χ3n) is 4.68. The third kappa shape index (κ3) is 2.45. The first kappa shape index (κ1) is 13.6. The van der Waals surface area contributed by atoms with Crippen LogP contribution in [-0.2, 0) is 14.9 Å². The van der Waals surface area contributed by atoms with Crippen LogP contribution in [0, 0.1) is 5.92 Å². The Morgan fingerprint density at radius 1 is 1.40 bits per heavy atom. The Morgan fingerprint density at radius 2 is 2.10 bits per heavy atom. The van der Waals surface area contributed by atoms with Crippen LogP contribution in [0.25, 0.3) is 0 Å². The smallest absolute Gasteiger partial charge is 0.307 e. The standard InChI is InChI=1S/C16H21NO3/c1-20-10-16(6-7-16)13-4-2-11(3-5-13)14-8-12(9-17-14)15(18)19/h2-5,12,14,17H,6-10H2,1H3,(H,18,19). The van der Waals surface area contributed by atoms with E-state index in [1.54, 1.807) is 7.11 Å². The van der Waals surface area contributed by atoms with Gasteiger partial charge < -0.3 is 15.2 Å². The first-order chi connectivity index (χ1) is 9.64. The van der Waals surface area contributed by atoms with Crippen molar-refractivity contribution >= 4 is 5.97 Å². The van der Waals surface area contributed by atoms with Crippen LogP contribution in [0.2, 0.25) is 0 Å². The number of ether oxygens (including phenoxy) is 1. The fraction of sp³-hybridized carbons (Fsp3) is 0.562. The molecule has 2 atom stereocenters. The van der Waals surface area contributed by atoms with E-state index >= 15 is 0 Å². The van der Waals surface area contributed by atoms with E-state index in [2.05, 4.69) is 29.6 Å². The van der Waals surface area contributed by atoms with Crippen molar-refractivity contribution in [3.8, 4) is 0 Å². The quantitative estimate of drug-likeness (QED) is 0.864. The summed E-state index contributed by atoms with van der Waals surface area (Å²) in [5.41, 5.74) is 2.77. The van der Waals surface area contributed by atoms with Crippen LogP contribution in [0.15, 0.2) is 24.3 Å². The summed E-state index contributed by atoms with van der Waals surface area (Å²) in [6, 6.07) is 8.79. The Labute approximate surface area is 119 Å². The van der Waals surface area contributed by atoms with Crippen molar-refractivity contribution in [1.29, 1.82) is 0 Å². The highest BCUT2D eigenvalue weighted by molar-refractivity contribution is 5.70. The molecule has 1 aromatic carbocycles. The van der Waals surface area contributed by atoms with Gasteiger partial charge in [0.05, 0.1) is 12.5 Å². The maximum Gasteiger partial charge on any atom is 0.307 e. The van der Waals surface area contributed by atoms with Crippen LogP contribution in [-0.4, -0.2) is 31.3 Å². The predicted molar refractivity (Wildman–Crippen MR) is 75.7 cm³/mol. The van der Waals surface area contributed by atoms with Gasteiger partial charge in [-0.3, -0.25) is 4.79 Å². The van der Waals surface area contributed by atoms with Gasteiger partial charge in [0.25, 0.3) is 0 Å². The van der Waals surface area contributed by atoms with Crippen LogP contribution in [0.5, 0.6) is 0 Å². The molecule has 2 fully saturated rings. The van der Waals surface area contributed by atoms with Gasteiger partial charge in [0.2, 0.25) is 0 Å². The fourth-order valence-electron chi connectivity index (χ4n) is 3.19. The van der Waals surface area contributed by atoms with Crippen molar-refractivity contribution in [2.75, 3.05) is 20.3 Å².